The average Bonchev–Trinajstić information content (AvgIpc) is 3.27. The maximum absolute atomic E-state index is 12.8. The second-order valence-electron chi connectivity index (χ2n) is 7.23. The van der Waals surface area contributed by atoms with Crippen molar-refractivity contribution in [3.63, 3.8) is 0 Å². The molecule has 11 heteroatoms. The van der Waals surface area contributed by atoms with Gasteiger partial charge >= 0.3 is 0 Å². The van der Waals surface area contributed by atoms with Gasteiger partial charge in [-0.15, -0.1) is 0 Å². The molecule has 0 unspecified atom stereocenters. The summed E-state index contributed by atoms with van der Waals surface area (Å²) in [5, 5.41) is 15.5. The number of rotatable bonds is 6. The molecule has 0 saturated carbocycles. The molecule has 1 aliphatic rings. The van der Waals surface area contributed by atoms with E-state index in [1.165, 1.54) is 18.2 Å². The maximum atomic E-state index is 12.8. The summed E-state index contributed by atoms with van der Waals surface area (Å²) >= 11 is 5.84. The lowest BCUT2D eigenvalue weighted by Gasteiger charge is -2.33. The SMILES string of the molecule is COc1ccc(-c2noc(CN3CCN(C(=O)c4ccc(Cl)cc4[N+](=O)[O-])CC3)n2)cc1. The summed E-state index contributed by atoms with van der Waals surface area (Å²) in [6, 6.07) is 11.4. The van der Waals surface area contributed by atoms with E-state index in [9.17, 15) is 14.9 Å². The van der Waals surface area contributed by atoms with E-state index in [-0.39, 0.29) is 22.2 Å². The fraction of sp³-hybridized carbons (Fsp3) is 0.286. The molecule has 0 radical (unpaired) electrons. The van der Waals surface area contributed by atoms with E-state index in [1.54, 1.807) is 12.0 Å². The highest BCUT2D eigenvalue weighted by Crippen LogP contribution is 2.25. The van der Waals surface area contributed by atoms with E-state index >= 15 is 0 Å². The third kappa shape index (κ3) is 4.71. The van der Waals surface area contributed by atoms with Gasteiger partial charge in [0.2, 0.25) is 11.7 Å². The van der Waals surface area contributed by atoms with Gasteiger partial charge in [0.25, 0.3) is 11.6 Å². The summed E-state index contributed by atoms with van der Waals surface area (Å²) in [4.78, 5) is 31.6. The molecule has 0 atom stereocenters. The average molecular weight is 458 g/mol. The smallest absolute Gasteiger partial charge is 0.283 e. The molecule has 166 valence electrons. The van der Waals surface area contributed by atoms with E-state index in [0.717, 1.165) is 11.3 Å². The number of methoxy groups -OCH3 is 1. The number of halogens is 1. The first-order valence-electron chi connectivity index (χ1n) is 9.87. The summed E-state index contributed by atoms with van der Waals surface area (Å²) in [6.45, 7) is 2.46. The van der Waals surface area contributed by atoms with Crippen molar-refractivity contribution < 1.29 is 19.0 Å². The number of hydrogen-bond acceptors (Lipinski definition) is 8. The van der Waals surface area contributed by atoms with Crippen LogP contribution in [0.4, 0.5) is 5.69 Å². The third-order valence-corrected chi connectivity index (χ3v) is 5.46. The number of benzene rings is 2. The number of nitro benzene ring substituents is 1. The largest absolute Gasteiger partial charge is 0.497 e. The molecule has 4 rings (SSSR count). The first-order chi connectivity index (χ1) is 15.4. The Kier molecular flexibility index (Phi) is 6.33. The van der Waals surface area contributed by atoms with Crippen molar-refractivity contribution in [1.29, 1.82) is 0 Å². The molecule has 1 aliphatic heterocycles. The van der Waals surface area contributed by atoms with Crippen LogP contribution in [0.5, 0.6) is 5.75 Å². The molecule has 1 fully saturated rings. The lowest BCUT2D eigenvalue weighted by Crippen LogP contribution is -2.48. The van der Waals surface area contributed by atoms with E-state index in [1.807, 2.05) is 24.3 Å². The highest BCUT2D eigenvalue weighted by Gasteiger charge is 2.28. The number of amides is 1. The Bertz CT molecular complexity index is 1130. The lowest BCUT2D eigenvalue weighted by atomic mass is 10.1. The summed E-state index contributed by atoms with van der Waals surface area (Å²) < 4.78 is 10.5. The molecule has 0 bridgehead atoms. The van der Waals surface area contributed by atoms with Crippen LogP contribution >= 0.6 is 11.6 Å². The van der Waals surface area contributed by atoms with Crippen LogP contribution < -0.4 is 4.74 Å². The van der Waals surface area contributed by atoms with Crippen molar-refractivity contribution in [3.8, 4) is 17.1 Å². The number of nitrogens with zero attached hydrogens (tertiary/aromatic N) is 5. The quantitative estimate of drug-likeness (QED) is 0.409. The normalized spacial score (nSPS) is 14.4. The Hall–Kier alpha value is -3.50. The van der Waals surface area contributed by atoms with Crippen LogP contribution in [0.15, 0.2) is 47.0 Å². The van der Waals surface area contributed by atoms with Gasteiger partial charge in [-0.1, -0.05) is 16.8 Å². The van der Waals surface area contributed by atoms with E-state index < -0.39 is 4.92 Å². The molecule has 1 amide bonds. The molecule has 1 saturated heterocycles. The second-order valence-corrected chi connectivity index (χ2v) is 7.66. The molecule has 0 spiro atoms. The van der Waals surface area contributed by atoms with Gasteiger partial charge in [0.05, 0.1) is 18.6 Å². The standard InChI is InChI=1S/C21H20ClN5O5/c1-31-16-5-2-14(3-6-16)20-23-19(32-24-20)13-25-8-10-26(11-9-25)21(28)17-7-4-15(22)12-18(17)27(29)30/h2-7,12H,8-11,13H2,1H3. The monoisotopic (exact) mass is 457 g/mol. The summed E-state index contributed by atoms with van der Waals surface area (Å²) in [7, 11) is 1.60. The zero-order valence-corrected chi connectivity index (χ0v) is 18.0. The number of aromatic nitrogens is 2. The van der Waals surface area contributed by atoms with Crippen LogP contribution in [0.3, 0.4) is 0 Å². The number of nitro groups is 1. The van der Waals surface area contributed by atoms with Gasteiger partial charge in [0.15, 0.2) is 0 Å². The van der Waals surface area contributed by atoms with Crippen LogP contribution in [0, 0.1) is 10.1 Å². The van der Waals surface area contributed by atoms with Gasteiger partial charge in [-0.3, -0.25) is 19.8 Å². The Labute approximate surface area is 188 Å². The topological polar surface area (TPSA) is 115 Å². The molecule has 2 heterocycles. The third-order valence-electron chi connectivity index (χ3n) is 5.22. The molecule has 1 aromatic heterocycles. The number of ether oxygens (including phenoxy) is 1. The van der Waals surface area contributed by atoms with Gasteiger partial charge < -0.3 is 14.2 Å². The van der Waals surface area contributed by atoms with Gasteiger partial charge in [-0.2, -0.15) is 4.98 Å². The summed E-state index contributed by atoms with van der Waals surface area (Å²) in [6.07, 6.45) is 0. The van der Waals surface area contributed by atoms with Crippen molar-refractivity contribution in [2.75, 3.05) is 33.3 Å². The highest BCUT2D eigenvalue weighted by atomic mass is 35.5. The second kappa shape index (κ2) is 9.33. The minimum absolute atomic E-state index is 0.0360. The maximum Gasteiger partial charge on any atom is 0.283 e. The summed E-state index contributed by atoms with van der Waals surface area (Å²) in [5.74, 6) is 1.33. The fourth-order valence-corrected chi connectivity index (χ4v) is 3.65. The van der Waals surface area contributed by atoms with Crippen LogP contribution in [0.1, 0.15) is 16.2 Å². The van der Waals surface area contributed by atoms with Crippen LogP contribution in [0.25, 0.3) is 11.4 Å². The molecule has 10 nitrogen and oxygen atoms in total. The molecule has 0 N–H and O–H groups in total. The first kappa shape index (κ1) is 21.7. The molecular weight excluding hydrogens is 438 g/mol. The van der Waals surface area contributed by atoms with Gasteiger partial charge in [-0.25, -0.2) is 0 Å². The van der Waals surface area contributed by atoms with Crippen LogP contribution in [0.2, 0.25) is 5.02 Å². The first-order valence-corrected chi connectivity index (χ1v) is 10.2. The van der Waals surface area contributed by atoms with E-state index in [0.29, 0.717) is 44.4 Å². The van der Waals surface area contributed by atoms with Gasteiger partial charge in [-0.05, 0) is 36.4 Å². The fourth-order valence-electron chi connectivity index (χ4n) is 3.48. The van der Waals surface area contributed by atoms with Crippen molar-refractivity contribution in [1.82, 2.24) is 19.9 Å². The van der Waals surface area contributed by atoms with Crippen LogP contribution in [-0.2, 0) is 6.54 Å². The van der Waals surface area contributed by atoms with Crippen molar-refractivity contribution in [2.24, 2.45) is 0 Å². The lowest BCUT2D eigenvalue weighted by molar-refractivity contribution is -0.385. The molecule has 32 heavy (non-hydrogen) atoms. The van der Waals surface area contributed by atoms with Gasteiger partial charge in [0.1, 0.15) is 11.3 Å². The molecular formula is C21H20ClN5O5. The minimum Gasteiger partial charge on any atom is -0.497 e. The van der Waals surface area contributed by atoms with Crippen molar-refractivity contribution >= 4 is 23.2 Å². The predicted octanol–water partition coefficient (Wildman–Crippen LogP) is 3.26. The predicted molar refractivity (Wildman–Crippen MR) is 116 cm³/mol. The Morgan fingerprint density at radius 1 is 1.19 bits per heavy atom. The number of hydrogen-bond donors (Lipinski definition) is 0. The number of carbonyl (C=O) groups is 1. The van der Waals surface area contributed by atoms with E-state index in [4.69, 9.17) is 20.9 Å². The molecule has 3 aromatic rings. The Morgan fingerprint density at radius 3 is 2.56 bits per heavy atom. The van der Waals surface area contributed by atoms with Crippen LogP contribution in [-0.4, -0.2) is 64.1 Å². The number of piperazine rings is 1. The minimum atomic E-state index is -0.592. The van der Waals surface area contributed by atoms with E-state index in [2.05, 4.69) is 15.0 Å². The Balaban J connectivity index is 1.36. The Morgan fingerprint density at radius 2 is 1.91 bits per heavy atom. The zero-order chi connectivity index (χ0) is 22.7. The zero-order valence-electron chi connectivity index (χ0n) is 17.2. The van der Waals surface area contributed by atoms with Crippen molar-refractivity contribution in [3.05, 3.63) is 69.1 Å². The highest BCUT2D eigenvalue weighted by molar-refractivity contribution is 6.31. The molecule has 0 aliphatic carbocycles. The summed E-state index contributed by atoms with van der Waals surface area (Å²) in [5.41, 5.74) is 0.566. The number of carbonyl (C=O) groups excluding carboxylic acids is 1. The van der Waals surface area contributed by atoms with Gasteiger partial charge in [0, 0.05) is 42.8 Å². The molecule has 2 aromatic carbocycles. The van der Waals surface area contributed by atoms with Crippen molar-refractivity contribution in [2.45, 2.75) is 6.54 Å².